The minimum atomic E-state index is -1.53. The molecule has 0 aliphatic heterocycles. The van der Waals surface area contributed by atoms with E-state index in [0.717, 1.165) is 18.2 Å². The second kappa shape index (κ2) is 6.80. The maximum atomic E-state index is 14.2. The highest BCUT2D eigenvalue weighted by atomic mass is 32.2. The summed E-state index contributed by atoms with van der Waals surface area (Å²) in [5.74, 6) is -0.653. The predicted octanol–water partition coefficient (Wildman–Crippen LogP) is 2.38. The molecule has 124 valence electrons. The van der Waals surface area contributed by atoms with Gasteiger partial charge in [0, 0.05) is 24.3 Å². The highest BCUT2D eigenvalue weighted by Gasteiger charge is 2.35. The topological polar surface area (TPSA) is 92.5 Å². The summed E-state index contributed by atoms with van der Waals surface area (Å²) >= 11 is 0. The van der Waals surface area contributed by atoms with Gasteiger partial charge in [-0.05, 0) is 40.2 Å². The summed E-state index contributed by atoms with van der Waals surface area (Å²) in [7, 11) is -1.53. The van der Waals surface area contributed by atoms with Crippen molar-refractivity contribution in [3.8, 4) is 0 Å². The predicted molar refractivity (Wildman–Crippen MR) is 83.1 cm³/mol. The van der Waals surface area contributed by atoms with Crippen molar-refractivity contribution in [1.29, 1.82) is 0 Å². The van der Waals surface area contributed by atoms with Crippen molar-refractivity contribution in [3.05, 3.63) is 39.7 Å². The van der Waals surface area contributed by atoms with Crippen molar-refractivity contribution in [1.82, 2.24) is 4.72 Å². The summed E-state index contributed by atoms with van der Waals surface area (Å²) in [4.78, 5) is 10.3. The number of aliphatic hydroxyl groups excluding tert-OH is 1. The van der Waals surface area contributed by atoms with Gasteiger partial charge >= 0.3 is 0 Å². The van der Waals surface area contributed by atoms with Gasteiger partial charge in [-0.25, -0.2) is 13.3 Å². The number of nitro benzene ring substituents is 1. The van der Waals surface area contributed by atoms with Gasteiger partial charge in [0.1, 0.15) is 5.82 Å². The Morgan fingerprint density at radius 2 is 1.95 bits per heavy atom. The molecule has 1 aromatic rings. The SMILES string of the molecule is CC(C)(C)S(=O)N[C@@](C)(CCO)c1cc([N+](=O)[O-])ccc1F. The summed E-state index contributed by atoms with van der Waals surface area (Å²) in [5.41, 5.74) is -1.44. The smallest absolute Gasteiger partial charge is 0.269 e. The van der Waals surface area contributed by atoms with Crippen LogP contribution in [0.3, 0.4) is 0 Å². The first-order valence-electron chi connectivity index (χ1n) is 6.76. The largest absolute Gasteiger partial charge is 0.396 e. The Morgan fingerprint density at radius 1 is 1.36 bits per heavy atom. The van der Waals surface area contributed by atoms with Crippen LogP contribution in [-0.4, -0.2) is 25.6 Å². The summed E-state index contributed by atoms with van der Waals surface area (Å²) < 4.78 is 28.7. The molecule has 1 rings (SSSR count). The number of halogens is 1. The van der Waals surface area contributed by atoms with E-state index in [1.807, 2.05) is 0 Å². The number of hydrogen-bond acceptors (Lipinski definition) is 4. The van der Waals surface area contributed by atoms with Crippen LogP contribution in [0.1, 0.15) is 39.7 Å². The highest BCUT2D eigenvalue weighted by Crippen LogP contribution is 2.31. The molecule has 0 aliphatic rings. The standard InChI is InChI=1S/C14H21FN2O4S/c1-13(2,3)22(21)16-14(4,7-8-18)11-9-10(17(19)20)5-6-12(11)15/h5-6,9,16,18H,7-8H2,1-4H3/t14-,22?/m0/s1. The molecule has 8 heteroatoms. The van der Waals surface area contributed by atoms with Crippen LogP contribution in [0.15, 0.2) is 18.2 Å². The lowest BCUT2D eigenvalue weighted by Crippen LogP contribution is -2.47. The fourth-order valence-electron chi connectivity index (χ4n) is 1.87. The van der Waals surface area contributed by atoms with Crippen LogP contribution >= 0.6 is 0 Å². The van der Waals surface area contributed by atoms with Gasteiger partial charge in [-0.3, -0.25) is 10.1 Å². The molecule has 1 unspecified atom stereocenters. The molecule has 0 radical (unpaired) electrons. The zero-order chi connectivity index (χ0) is 17.1. The van der Waals surface area contributed by atoms with Gasteiger partial charge in [-0.2, -0.15) is 0 Å². The third-order valence-electron chi connectivity index (χ3n) is 3.24. The van der Waals surface area contributed by atoms with Crippen LogP contribution in [0.5, 0.6) is 0 Å². The lowest BCUT2D eigenvalue weighted by molar-refractivity contribution is -0.385. The van der Waals surface area contributed by atoms with Crippen molar-refractivity contribution in [2.45, 2.75) is 44.4 Å². The molecule has 2 N–H and O–H groups in total. The number of nitrogens with one attached hydrogen (secondary N) is 1. The zero-order valence-electron chi connectivity index (χ0n) is 13.1. The van der Waals surface area contributed by atoms with E-state index < -0.39 is 32.0 Å². The van der Waals surface area contributed by atoms with E-state index in [2.05, 4.69) is 4.72 Å². The number of rotatable bonds is 6. The zero-order valence-corrected chi connectivity index (χ0v) is 13.9. The van der Waals surface area contributed by atoms with Gasteiger partial charge in [0.05, 0.1) is 26.2 Å². The lowest BCUT2D eigenvalue weighted by atomic mass is 9.89. The van der Waals surface area contributed by atoms with Gasteiger partial charge in [-0.15, -0.1) is 0 Å². The number of non-ortho nitro benzene ring substituents is 1. The van der Waals surface area contributed by atoms with Gasteiger partial charge in [0.15, 0.2) is 0 Å². The Labute approximate surface area is 131 Å². The van der Waals surface area contributed by atoms with Gasteiger partial charge < -0.3 is 5.11 Å². The van der Waals surface area contributed by atoms with E-state index in [0.29, 0.717) is 0 Å². The quantitative estimate of drug-likeness (QED) is 0.618. The lowest BCUT2D eigenvalue weighted by Gasteiger charge is -2.33. The second-order valence-corrected chi connectivity index (χ2v) is 8.18. The van der Waals surface area contributed by atoms with Crippen LogP contribution in [0.25, 0.3) is 0 Å². The molecular weight excluding hydrogens is 311 g/mol. The highest BCUT2D eigenvalue weighted by molar-refractivity contribution is 7.84. The maximum absolute atomic E-state index is 14.2. The molecule has 0 aliphatic carbocycles. The summed E-state index contributed by atoms with van der Waals surface area (Å²) in [6, 6.07) is 3.18. The fraction of sp³-hybridized carbons (Fsp3) is 0.571. The van der Waals surface area contributed by atoms with E-state index in [4.69, 9.17) is 0 Å². The molecule has 0 bridgehead atoms. The number of aliphatic hydroxyl groups is 1. The van der Waals surface area contributed by atoms with E-state index in [1.54, 1.807) is 27.7 Å². The normalized spacial score (nSPS) is 16.1. The average Bonchev–Trinajstić information content (AvgIpc) is 2.37. The van der Waals surface area contributed by atoms with Crippen molar-refractivity contribution in [2.75, 3.05) is 6.61 Å². The van der Waals surface area contributed by atoms with Crippen molar-refractivity contribution in [3.63, 3.8) is 0 Å². The summed E-state index contributed by atoms with van der Waals surface area (Å²) in [5, 5.41) is 20.1. The molecule has 6 nitrogen and oxygen atoms in total. The Bertz CT molecular complexity index is 589. The third-order valence-corrected chi connectivity index (χ3v) is 4.99. The first-order valence-corrected chi connectivity index (χ1v) is 7.91. The van der Waals surface area contributed by atoms with Gasteiger partial charge in [0.2, 0.25) is 0 Å². The first-order chi connectivity index (χ1) is 10.0. The van der Waals surface area contributed by atoms with Crippen LogP contribution in [0.4, 0.5) is 10.1 Å². The fourth-order valence-corrected chi connectivity index (χ4v) is 2.80. The summed E-state index contributed by atoms with van der Waals surface area (Å²) in [6.07, 6.45) is 0.0624. The molecule has 0 fully saturated rings. The van der Waals surface area contributed by atoms with Crippen molar-refractivity contribution >= 4 is 16.7 Å². The number of nitro groups is 1. The third kappa shape index (κ3) is 4.31. The van der Waals surface area contributed by atoms with Crippen LogP contribution in [-0.2, 0) is 16.5 Å². The molecule has 0 spiro atoms. The van der Waals surface area contributed by atoms with Gasteiger partial charge in [0.25, 0.3) is 5.69 Å². The monoisotopic (exact) mass is 332 g/mol. The number of benzene rings is 1. The average molecular weight is 332 g/mol. The van der Waals surface area contributed by atoms with Crippen molar-refractivity contribution < 1.29 is 18.6 Å². The summed E-state index contributed by atoms with van der Waals surface area (Å²) in [6.45, 7) is 6.53. The molecule has 0 saturated carbocycles. The Balaban J connectivity index is 3.32. The molecule has 1 aromatic carbocycles. The van der Waals surface area contributed by atoms with Crippen LogP contribution in [0, 0.1) is 15.9 Å². The van der Waals surface area contributed by atoms with E-state index in [-0.39, 0.29) is 24.3 Å². The molecule has 0 aromatic heterocycles. The molecule has 0 amide bonds. The molecule has 0 heterocycles. The number of nitrogens with zero attached hydrogens (tertiary/aromatic N) is 1. The van der Waals surface area contributed by atoms with Crippen molar-refractivity contribution in [2.24, 2.45) is 0 Å². The molecule has 0 saturated heterocycles. The molecule has 2 atom stereocenters. The maximum Gasteiger partial charge on any atom is 0.269 e. The molecular formula is C14H21FN2O4S. The minimum Gasteiger partial charge on any atom is -0.396 e. The Kier molecular flexibility index (Phi) is 5.77. The van der Waals surface area contributed by atoms with Crippen LogP contribution in [0.2, 0.25) is 0 Å². The second-order valence-electron chi connectivity index (χ2n) is 6.21. The van der Waals surface area contributed by atoms with E-state index in [1.165, 1.54) is 0 Å². The number of hydrogen-bond donors (Lipinski definition) is 2. The van der Waals surface area contributed by atoms with E-state index >= 15 is 0 Å². The first kappa shape index (κ1) is 18.7. The Morgan fingerprint density at radius 3 is 2.41 bits per heavy atom. The van der Waals surface area contributed by atoms with Gasteiger partial charge in [-0.1, -0.05) is 0 Å². The minimum absolute atomic E-state index is 0.00773. The van der Waals surface area contributed by atoms with E-state index in [9.17, 15) is 23.8 Å². The molecule has 22 heavy (non-hydrogen) atoms. The van der Waals surface area contributed by atoms with Crippen LogP contribution < -0.4 is 4.72 Å². The Hall–Kier alpha value is -1.38.